The fourth-order valence-corrected chi connectivity index (χ4v) is 5.33. The number of hydrogen-bond acceptors (Lipinski definition) is 8. The number of likely N-dealkylation sites (tertiary alicyclic amines) is 1. The van der Waals surface area contributed by atoms with E-state index in [1.807, 2.05) is 19.4 Å². The summed E-state index contributed by atoms with van der Waals surface area (Å²) in [4.78, 5) is 12.7. The average Bonchev–Trinajstić information content (AvgIpc) is 3.55. The maximum atomic E-state index is 6.58. The lowest BCUT2D eigenvalue weighted by atomic mass is 10.1. The van der Waals surface area contributed by atoms with Crippen LogP contribution in [0.25, 0.3) is 22.0 Å². The van der Waals surface area contributed by atoms with Crippen LogP contribution in [0.1, 0.15) is 6.42 Å². The number of nitrogens with zero attached hydrogens (tertiary/aromatic N) is 5. The SMILES string of the molecule is CN1CCC(Oc2cc(-c3cnn(C)c3)cc3ncnc(Nc4ccc5c(c4)SCN5)c23)C1. The van der Waals surface area contributed by atoms with E-state index in [4.69, 9.17) is 4.74 Å². The Bertz CT molecular complexity index is 1340. The number of hydrogen-bond donors (Lipinski definition) is 2. The molecule has 1 saturated heterocycles. The minimum atomic E-state index is 0.137. The van der Waals surface area contributed by atoms with Crippen molar-refractivity contribution in [2.24, 2.45) is 7.05 Å². The molecule has 2 aliphatic rings. The Labute approximate surface area is 196 Å². The third-order valence-electron chi connectivity index (χ3n) is 6.12. The second-order valence-electron chi connectivity index (χ2n) is 8.59. The monoisotopic (exact) mass is 459 g/mol. The summed E-state index contributed by atoms with van der Waals surface area (Å²) in [5.74, 6) is 2.45. The van der Waals surface area contributed by atoms with Crippen molar-refractivity contribution in [2.75, 3.05) is 36.6 Å². The van der Waals surface area contributed by atoms with E-state index in [1.165, 1.54) is 10.6 Å². The van der Waals surface area contributed by atoms with Crippen LogP contribution in [0.3, 0.4) is 0 Å². The molecular formula is C24H25N7OS. The van der Waals surface area contributed by atoms with Gasteiger partial charge in [-0.25, -0.2) is 9.97 Å². The first-order valence-electron chi connectivity index (χ1n) is 11.0. The number of fused-ring (bicyclic) bond motifs is 2. The Morgan fingerprint density at radius 3 is 2.91 bits per heavy atom. The summed E-state index contributed by atoms with van der Waals surface area (Å²) in [6.45, 7) is 1.94. The molecule has 168 valence electrons. The van der Waals surface area contributed by atoms with Crippen LogP contribution in [0, 0.1) is 0 Å². The van der Waals surface area contributed by atoms with Crippen LogP contribution in [0.15, 0.2) is 53.9 Å². The summed E-state index contributed by atoms with van der Waals surface area (Å²) >= 11 is 1.80. The van der Waals surface area contributed by atoms with Crippen LogP contribution in [0.5, 0.6) is 5.75 Å². The summed E-state index contributed by atoms with van der Waals surface area (Å²) in [7, 11) is 4.05. The third-order valence-corrected chi connectivity index (χ3v) is 7.05. The van der Waals surface area contributed by atoms with E-state index in [1.54, 1.807) is 22.8 Å². The largest absolute Gasteiger partial charge is 0.488 e. The average molecular weight is 460 g/mol. The first-order valence-corrected chi connectivity index (χ1v) is 12.0. The molecule has 0 radical (unpaired) electrons. The van der Waals surface area contributed by atoms with Gasteiger partial charge < -0.3 is 20.3 Å². The van der Waals surface area contributed by atoms with Crippen molar-refractivity contribution in [3.8, 4) is 16.9 Å². The molecule has 2 aromatic heterocycles. The van der Waals surface area contributed by atoms with Gasteiger partial charge in [-0.2, -0.15) is 5.10 Å². The highest BCUT2D eigenvalue weighted by atomic mass is 32.2. The standard InChI is InChI=1S/C24H25N7OS/c1-30-6-5-18(12-30)32-21-8-15(16-10-28-31(2)11-16)7-20-23(21)24(26-13-25-20)29-17-3-4-19-22(9-17)33-14-27-19/h3-4,7-11,13,18,27H,5-6,12,14H2,1-2H3,(H,25,26,29). The predicted octanol–water partition coefficient (Wildman–Crippen LogP) is 4.33. The molecule has 0 saturated carbocycles. The molecule has 0 amide bonds. The molecule has 2 aromatic carbocycles. The molecular weight excluding hydrogens is 434 g/mol. The number of rotatable bonds is 5. The number of aryl methyl sites for hydroxylation is 1. The minimum Gasteiger partial charge on any atom is -0.488 e. The zero-order chi connectivity index (χ0) is 22.4. The lowest BCUT2D eigenvalue weighted by Crippen LogP contribution is -2.21. The lowest BCUT2D eigenvalue weighted by Gasteiger charge is -2.18. The molecule has 33 heavy (non-hydrogen) atoms. The maximum Gasteiger partial charge on any atom is 0.145 e. The zero-order valence-electron chi connectivity index (χ0n) is 18.6. The summed E-state index contributed by atoms with van der Waals surface area (Å²) < 4.78 is 8.38. The van der Waals surface area contributed by atoms with Gasteiger partial charge in [-0.05, 0) is 49.4 Å². The molecule has 1 atom stereocenters. The van der Waals surface area contributed by atoms with Crippen molar-refractivity contribution >= 4 is 39.9 Å². The van der Waals surface area contributed by atoms with E-state index in [-0.39, 0.29) is 6.10 Å². The Morgan fingerprint density at radius 1 is 1.15 bits per heavy atom. The van der Waals surface area contributed by atoms with Crippen molar-refractivity contribution < 1.29 is 4.74 Å². The number of anilines is 3. The van der Waals surface area contributed by atoms with Crippen molar-refractivity contribution in [3.05, 3.63) is 49.1 Å². The van der Waals surface area contributed by atoms with Crippen LogP contribution in [0.4, 0.5) is 17.2 Å². The second-order valence-corrected chi connectivity index (χ2v) is 9.60. The van der Waals surface area contributed by atoms with E-state index in [0.717, 1.165) is 64.7 Å². The van der Waals surface area contributed by atoms with Crippen LogP contribution in [-0.4, -0.2) is 56.8 Å². The van der Waals surface area contributed by atoms with Crippen LogP contribution >= 0.6 is 11.8 Å². The van der Waals surface area contributed by atoms with Crippen LogP contribution < -0.4 is 15.4 Å². The van der Waals surface area contributed by atoms with Crippen molar-refractivity contribution in [3.63, 3.8) is 0 Å². The van der Waals surface area contributed by atoms with Gasteiger partial charge in [0.05, 0.1) is 23.0 Å². The Kier molecular flexibility index (Phi) is 5.07. The zero-order valence-corrected chi connectivity index (χ0v) is 19.4. The molecule has 0 aliphatic carbocycles. The van der Waals surface area contributed by atoms with Crippen molar-refractivity contribution in [1.82, 2.24) is 24.6 Å². The quantitative estimate of drug-likeness (QED) is 0.457. The van der Waals surface area contributed by atoms with E-state index in [9.17, 15) is 0 Å². The van der Waals surface area contributed by atoms with Gasteiger partial charge in [-0.3, -0.25) is 4.68 Å². The Morgan fingerprint density at radius 2 is 2.09 bits per heavy atom. The summed E-state index contributed by atoms with van der Waals surface area (Å²) in [5, 5.41) is 12.1. The van der Waals surface area contributed by atoms with Gasteiger partial charge in [0, 0.05) is 48.2 Å². The van der Waals surface area contributed by atoms with Gasteiger partial charge >= 0.3 is 0 Å². The van der Waals surface area contributed by atoms with Crippen LogP contribution in [0.2, 0.25) is 0 Å². The van der Waals surface area contributed by atoms with E-state index in [2.05, 4.69) is 68.0 Å². The molecule has 0 spiro atoms. The number of thioether (sulfide) groups is 1. The van der Waals surface area contributed by atoms with E-state index in [0.29, 0.717) is 0 Å². The maximum absolute atomic E-state index is 6.58. The molecule has 0 bridgehead atoms. The topological polar surface area (TPSA) is 80.1 Å². The fourth-order valence-electron chi connectivity index (χ4n) is 4.44. The van der Waals surface area contributed by atoms with Crippen molar-refractivity contribution in [2.45, 2.75) is 17.4 Å². The van der Waals surface area contributed by atoms with Crippen LogP contribution in [-0.2, 0) is 7.05 Å². The molecule has 2 N–H and O–H groups in total. The number of benzene rings is 2. The number of likely N-dealkylation sites (N-methyl/N-ethyl adjacent to an activating group) is 1. The van der Waals surface area contributed by atoms with Gasteiger partial charge in [0.1, 0.15) is 24.0 Å². The molecule has 4 aromatic rings. The summed E-state index contributed by atoms with van der Waals surface area (Å²) in [6.07, 6.45) is 6.61. The number of nitrogens with one attached hydrogen (secondary N) is 2. The van der Waals surface area contributed by atoms with E-state index < -0.39 is 0 Å². The highest BCUT2D eigenvalue weighted by molar-refractivity contribution is 7.99. The molecule has 8 nitrogen and oxygen atoms in total. The predicted molar refractivity (Wildman–Crippen MR) is 132 cm³/mol. The molecule has 1 unspecified atom stereocenters. The molecule has 9 heteroatoms. The Hall–Kier alpha value is -3.30. The second kappa shape index (κ2) is 8.24. The minimum absolute atomic E-state index is 0.137. The molecule has 1 fully saturated rings. The third kappa shape index (κ3) is 3.98. The van der Waals surface area contributed by atoms with Gasteiger partial charge in [0.25, 0.3) is 0 Å². The first-order chi connectivity index (χ1) is 16.1. The van der Waals surface area contributed by atoms with Gasteiger partial charge in [-0.15, -0.1) is 11.8 Å². The summed E-state index contributed by atoms with van der Waals surface area (Å²) in [6, 6.07) is 10.5. The van der Waals surface area contributed by atoms with Crippen molar-refractivity contribution in [1.29, 1.82) is 0 Å². The first kappa shape index (κ1) is 20.3. The molecule has 2 aliphatic heterocycles. The van der Waals surface area contributed by atoms with Gasteiger partial charge in [0.15, 0.2) is 0 Å². The molecule has 6 rings (SSSR count). The smallest absolute Gasteiger partial charge is 0.145 e. The van der Waals surface area contributed by atoms with E-state index >= 15 is 0 Å². The highest BCUT2D eigenvalue weighted by Gasteiger charge is 2.23. The van der Waals surface area contributed by atoms with Gasteiger partial charge in [-0.1, -0.05) is 0 Å². The highest BCUT2D eigenvalue weighted by Crippen LogP contribution is 2.39. The fraction of sp³-hybridized carbons (Fsp3) is 0.292. The van der Waals surface area contributed by atoms with Gasteiger partial charge in [0.2, 0.25) is 0 Å². The number of aromatic nitrogens is 4. The lowest BCUT2D eigenvalue weighted by molar-refractivity contribution is 0.211. The number of ether oxygens (including phenoxy) is 1. The normalized spacial score (nSPS) is 17.8. The molecule has 4 heterocycles. The Balaban J connectivity index is 1.44. The summed E-state index contributed by atoms with van der Waals surface area (Å²) in [5.41, 5.74) is 5.07.